The minimum Gasteiger partial charge on any atom is -0.313 e. The number of likely N-dealkylation sites (N-methyl/N-ethyl adjacent to an activating group) is 1. The summed E-state index contributed by atoms with van der Waals surface area (Å²) >= 11 is 2.95. The molecule has 0 aliphatic heterocycles. The van der Waals surface area contributed by atoms with Gasteiger partial charge < -0.3 is 10.2 Å². The quantitative estimate of drug-likeness (QED) is 0.835. The molecule has 0 unspecified atom stereocenters. The Hall–Kier alpha value is -0.590. The van der Waals surface area contributed by atoms with Crippen molar-refractivity contribution in [2.45, 2.75) is 32.6 Å². The molecule has 0 aliphatic carbocycles. The highest BCUT2D eigenvalue weighted by Gasteiger charge is 2.33. The van der Waals surface area contributed by atoms with Crippen LogP contribution in [0.4, 0.5) is 13.2 Å². The minimum atomic E-state index is -4.33. The standard InChI is InChI=1S/C14H20BrF3N2/c1-10(2)19-6-7-20(3)9-11-4-5-13(15)12(8-11)14(16,17)18/h4-5,8,10,19H,6-7,9H2,1-3H3. The molecule has 0 fully saturated rings. The lowest BCUT2D eigenvalue weighted by Crippen LogP contribution is -2.32. The maximum Gasteiger partial charge on any atom is 0.417 e. The number of benzene rings is 1. The van der Waals surface area contributed by atoms with Gasteiger partial charge in [0.15, 0.2) is 0 Å². The zero-order valence-corrected chi connectivity index (χ0v) is 13.5. The van der Waals surface area contributed by atoms with E-state index < -0.39 is 11.7 Å². The van der Waals surface area contributed by atoms with Crippen molar-refractivity contribution in [3.8, 4) is 0 Å². The van der Waals surface area contributed by atoms with E-state index in [1.54, 1.807) is 6.07 Å². The average molecular weight is 353 g/mol. The van der Waals surface area contributed by atoms with Gasteiger partial charge >= 0.3 is 6.18 Å². The van der Waals surface area contributed by atoms with Gasteiger partial charge in [-0.25, -0.2) is 0 Å². The van der Waals surface area contributed by atoms with Crippen molar-refractivity contribution in [1.29, 1.82) is 0 Å². The van der Waals surface area contributed by atoms with Crippen LogP contribution in [-0.4, -0.2) is 31.1 Å². The van der Waals surface area contributed by atoms with Crippen LogP contribution in [0.5, 0.6) is 0 Å². The monoisotopic (exact) mass is 352 g/mol. The molecular weight excluding hydrogens is 333 g/mol. The first-order chi connectivity index (χ1) is 9.20. The molecule has 0 spiro atoms. The van der Waals surface area contributed by atoms with E-state index in [1.807, 2.05) is 11.9 Å². The largest absolute Gasteiger partial charge is 0.417 e. The Kier molecular flexibility index (Phi) is 6.48. The van der Waals surface area contributed by atoms with E-state index in [9.17, 15) is 13.2 Å². The zero-order chi connectivity index (χ0) is 15.3. The third kappa shape index (κ3) is 5.81. The van der Waals surface area contributed by atoms with Gasteiger partial charge in [-0.3, -0.25) is 0 Å². The Bertz CT molecular complexity index is 433. The summed E-state index contributed by atoms with van der Waals surface area (Å²) in [5.74, 6) is 0. The van der Waals surface area contributed by atoms with Gasteiger partial charge in [-0.15, -0.1) is 0 Å². The van der Waals surface area contributed by atoms with Crippen molar-refractivity contribution in [3.63, 3.8) is 0 Å². The van der Waals surface area contributed by atoms with Crippen LogP contribution in [0.25, 0.3) is 0 Å². The van der Waals surface area contributed by atoms with Gasteiger partial charge in [0.25, 0.3) is 0 Å². The van der Waals surface area contributed by atoms with Crippen LogP contribution in [-0.2, 0) is 12.7 Å². The highest BCUT2D eigenvalue weighted by Crippen LogP contribution is 2.35. The first-order valence-corrected chi connectivity index (χ1v) is 7.27. The summed E-state index contributed by atoms with van der Waals surface area (Å²) < 4.78 is 38.5. The van der Waals surface area contributed by atoms with E-state index in [2.05, 4.69) is 35.1 Å². The SMILES string of the molecule is CC(C)NCCN(C)Cc1ccc(Br)c(C(F)(F)F)c1. The Morgan fingerprint density at radius 1 is 1.30 bits per heavy atom. The lowest BCUT2D eigenvalue weighted by Gasteiger charge is -2.19. The van der Waals surface area contributed by atoms with Gasteiger partial charge in [-0.05, 0) is 24.7 Å². The second-order valence-electron chi connectivity index (χ2n) is 5.16. The number of rotatable bonds is 6. The molecule has 0 amide bonds. The van der Waals surface area contributed by atoms with E-state index >= 15 is 0 Å². The normalized spacial score (nSPS) is 12.4. The van der Waals surface area contributed by atoms with Crippen molar-refractivity contribution in [2.24, 2.45) is 0 Å². The Morgan fingerprint density at radius 2 is 1.95 bits per heavy atom. The molecule has 0 bridgehead atoms. The third-order valence-electron chi connectivity index (χ3n) is 2.83. The second kappa shape index (κ2) is 7.43. The zero-order valence-electron chi connectivity index (χ0n) is 11.9. The molecule has 6 heteroatoms. The number of alkyl halides is 3. The Balaban J connectivity index is 2.64. The van der Waals surface area contributed by atoms with Crippen LogP contribution >= 0.6 is 15.9 Å². The molecule has 0 radical (unpaired) electrons. The number of hydrogen-bond donors (Lipinski definition) is 1. The van der Waals surface area contributed by atoms with Crippen LogP contribution in [0.2, 0.25) is 0 Å². The number of nitrogens with one attached hydrogen (secondary N) is 1. The van der Waals surface area contributed by atoms with Gasteiger partial charge in [0.05, 0.1) is 5.56 Å². The second-order valence-corrected chi connectivity index (χ2v) is 6.01. The summed E-state index contributed by atoms with van der Waals surface area (Å²) in [5, 5.41) is 3.28. The highest BCUT2D eigenvalue weighted by molar-refractivity contribution is 9.10. The maximum absolute atomic E-state index is 12.8. The predicted octanol–water partition coefficient (Wildman–Crippen LogP) is 3.90. The summed E-state index contributed by atoms with van der Waals surface area (Å²) in [6.45, 7) is 6.22. The van der Waals surface area contributed by atoms with Crippen LogP contribution in [0.15, 0.2) is 22.7 Å². The van der Waals surface area contributed by atoms with Crippen molar-refractivity contribution in [3.05, 3.63) is 33.8 Å². The fourth-order valence-electron chi connectivity index (χ4n) is 1.82. The molecule has 0 aliphatic rings. The van der Waals surface area contributed by atoms with E-state index in [0.29, 0.717) is 18.2 Å². The molecule has 0 atom stereocenters. The number of hydrogen-bond acceptors (Lipinski definition) is 2. The minimum absolute atomic E-state index is 0.0814. The van der Waals surface area contributed by atoms with Crippen molar-refractivity contribution < 1.29 is 13.2 Å². The van der Waals surface area contributed by atoms with Gasteiger partial charge in [0, 0.05) is 30.1 Å². The molecular formula is C14H20BrF3N2. The average Bonchev–Trinajstić information content (AvgIpc) is 2.29. The predicted molar refractivity (Wildman–Crippen MR) is 78.6 cm³/mol. The first-order valence-electron chi connectivity index (χ1n) is 6.47. The summed E-state index contributed by atoms with van der Waals surface area (Å²) in [6, 6.07) is 4.79. The summed E-state index contributed by atoms with van der Waals surface area (Å²) in [7, 11) is 1.90. The summed E-state index contributed by atoms with van der Waals surface area (Å²) in [4.78, 5) is 2.00. The van der Waals surface area contributed by atoms with E-state index in [4.69, 9.17) is 0 Å². The van der Waals surface area contributed by atoms with E-state index in [1.165, 1.54) is 12.1 Å². The van der Waals surface area contributed by atoms with Crippen molar-refractivity contribution in [2.75, 3.05) is 20.1 Å². The summed E-state index contributed by atoms with van der Waals surface area (Å²) in [6.07, 6.45) is -4.33. The van der Waals surface area contributed by atoms with Crippen LogP contribution in [0.3, 0.4) is 0 Å². The van der Waals surface area contributed by atoms with Crippen LogP contribution in [0, 0.1) is 0 Å². The lowest BCUT2D eigenvalue weighted by molar-refractivity contribution is -0.138. The fourth-order valence-corrected chi connectivity index (χ4v) is 2.29. The summed E-state index contributed by atoms with van der Waals surface area (Å²) in [5.41, 5.74) is 0.0382. The van der Waals surface area contributed by atoms with Crippen LogP contribution < -0.4 is 5.32 Å². The van der Waals surface area contributed by atoms with Gasteiger partial charge in [-0.2, -0.15) is 13.2 Å². The molecule has 0 heterocycles. The highest BCUT2D eigenvalue weighted by atomic mass is 79.9. The van der Waals surface area contributed by atoms with Gasteiger partial charge in [-0.1, -0.05) is 35.8 Å². The lowest BCUT2D eigenvalue weighted by atomic mass is 10.1. The smallest absolute Gasteiger partial charge is 0.313 e. The molecule has 20 heavy (non-hydrogen) atoms. The number of nitrogens with zero attached hydrogens (tertiary/aromatic N) is 1. The molecule has 1 aromatic rings. The van der Waals surface area contributed by atoms with Crippen molar-refractivity contribution in [1.82, 2.24) is 10.2 Å². The number of halogens is 4. The van der Waals surface area contributed by atoms with Crippen LogP contribution in [0.1, 0.15) is 25.0 Å². The van der Waals surface area contributed by atoms with Crippen molar-refractivity contribution >= 4 is 15.9 Å². The Morgan fingerprint density at radius 3 is 2.50 bits per heavy atom. The van der Waals surface area contributed by atoms with E-state index in [0.717, 1.165) is 13.1 Å². The maximum atomic E-state index is 12.8. The third-order valence-corrected chi connectivity index (χ3v) is 3.53. The fraction of sp³-hybridized carbons (Fsp3) is 0.571. The molecule has 0 aromatic heterocycles. The van der Waals surface area contributed by atoms with Gasteiger partial charge in [0.1, 0.15) is 0 Å². The van der Waals surface area contributed by atoms with E-state index in [-0.39, 0.29) is 4.47 Å². The molecule has 0 saturated carbocycles. The molecule has 1 aromatic carbocycles. The Labute approximate surface area is 126 Å². The molecule has 1 rings (SSSR count). The molecule has 2 nitrogen and oxygen atoms in total. The molecule has 1 N–H and O–H groups in total. The van der Waals surface area contributed by atoms with Gasteiger partial charge in [0.2, 0.25) is 0 Å². The first kappa shape index (κ1) is 17.5. The topological polar surface area (TPSA) is 15.3 Å². The molecule has 0 saturated heterocycles. The molecule has 114 valence electrons.